The van der Waals surface area contributed by atoms with Crippen molar-refractivity contribution in [2.24, 2.45) is 10.7 Å². The molecule has 0 radical (unpaired) electrons. The minimum absolute atomic E-state index is 0.329. The molecule has 35 heavy (non-hydrogen) atoms. The van der Waals surface area contributed by atoms with Crippen molar-refractivity contribution in [2.75, 3.05) is 48.8 Å². The molecule has 0 amide bonds. The highest BCUT2D eigenvalue weighted by molar-refractivity contribution is 6.16. The number of pyridine rings is 1. The lowest BCUT2D eigenvalue weighted by atomic mass is 9.97. The monoisotopic (exact) mass is 471 g/mol. The second-order valence-electron chi connectivity index (χ2n) is 8.76. The number of nitrogens with two attached hydrogens (primary N) is 2. The quantitative estimate of drug-likeness (QED) is 0.352. The average Bonchev–Trinajstić information content (AvgIpc) is 3.63. The van der Waals surface area contributed by atoms with E-state index in [1.165, 1.54) is 6.20 Å². The highest BCUT2D eigenvalue weighted by Gasteiger charge is 2.31. The summed E-state index contributed by atoms with van der Waals surface area (Å²) in [5.41, 5.74) is 15.9. The van der Waals surface area contributed by atoms with Gasteiger partial charge in [0.25, 0.3) is 0 Å². The van der Waals surface area contributed by atoms with Crippen LogP contribution in [0.2, 0.25) is 0 Å². The van der Waals surface area contributed by atoms with Crippen molar-refractivity contribution in [2.45, 2.75) is 18.8 Å². The fourth-order valence-corrected chi connectivity index (χ4v) is 4.18. The molecule has 3 heterocycles. The molecule has 1 aromatic carbocycles. The largest absolute Gasteiger partial charge is 0.408 e. The molecule has 0 unspecified atom stereocenters. The number of hydrogen-bond acceptors (Lipinski definition) is 10. The van der Waals surface area contributed by atoms with Crippen molar-refractivity contribution in [3.8, 4) is 0 Å². The molecule has 180 valence electrons. The molecule has 2 fully saturated rings. The van der Waals surface area contributed by atoms with E-state index >= 15 is 0 Å². The maximum absolute atomic E-state index is 8.86. The van der Waals surface area contributed by atoms with E-state index in [1.807, 2.05) is 24.3 Å². The Morgan fingerprint density at radius 2 is 1.86 bits per heavy atom. The number of piperazine rings is 1. The van der Waals surface area contributed by atoms with E-state index in [-0.39, 0.29) is 0 Å². The zero-order valence-corrected chi connectivity index (χ0v) is 19.7. The predicted octanol–water partition coefficient (Wildman–Crippen LogP) is 2.67. The lowest BCUT2D eigenvalue weighted by molar-refractivity contribution is 0.475. The van der Waals surface area contributed by atoms with Gasteiger partial charge >= 0.3 is 6.01 Å². The summed E-state index contributed by atoms with van der Waals surface area (Å²) >= 11 is 0. The molecule has 1 saturated carbocycles. The summed E-state index contributed by atoms with van der Waals surface area (Å²) < 4.78 is 5.86. The van der Waals surface area contributed by atoms with Gasteiger partial charge in [0.2, 0.25) is 5.89 Å². The van der Waals surface area contributed by atoms with E-state index in [2.05, 4.69) is 30.0 Å². The van der Waals surface area contributed by atoms with Crippen molar-refractivity contribution in [1.82, 2.24) is 15.2 Å². The lowest BCUT2D eigenvalue weighted by Crippen LogP contribution is -2.47. The van der Waals surface area contributed by atoms with Gasteiger partial charge in [-0.05, 0) is 42.7 Å². The Kier molecular flexibility index (Phi) is 6.17. The Morgan fingerprint density at radius 1 is 1.09 bits per heavy atom. The van der Waals surface area contributed by atoms with Crippen LogP contribution in [0.3, 0.4) is 0 Å². The van der Waals surface area contributed by atoms with Crippen molar-refractivity contribution < 1.29 is 4.42 Å². The fourth-order valence-electron chi connectivity index (χ4n) is 4.18. The molecule has 1 aliphatic carbocycles. The summed E-state index contributed by atoms with van der Waals surface area (Å²) in [7, 11) is 1.69. The molecule has 3 aromatic rings. The van der Waals surface area contributed by atoms with Crippen molar-refractivity contribution >= 4 is 35.0 Å². The number of nitrogens with zero attached hydrogens (tertiary/aromatic N) is 6. The highest BCUT2D eigenvalue weighted by atomic mass is 16.4. The molecule has 5 N–H and O–H groups in total. The van der Waals surface area contributed by atoms with Crippen LogP contribution in [-0.4, -0.2) is 60.3 Å². The van der Waals surface area contributed by atoms with Crippen molar-refractivity contribution in [3.05, 3.63) is 65.3 Å². The Labute approximate surface area is 203 Å². The van der Waals surface area contributed by atoms with Crippen LogP contribution in [0.4, 0.5) is 17.5 Å². The SMILES string of the molecule is CN=CC(=CN)c1ccc(N)c(C(=N)c2ccnc(N3CCN(c4nnc(C5CC5)o4)CC3)c2)c1. The van der Waals surface area contributed by atoms with Gasteiger partial charge in [0.15, 0.2) is 0 Å². The number of rotatable bonds is 7. The first-order valence-corrected chi connectivity index (χ1v) is 11.7. The number of aromatic nitrogens is 3. The number of allylic oxidation sites excluding steroid dienone is 1. The molecule has 0 bridgehead atoms. The van der Waals surface area contributed by atoms with Gasteiger partial charge in [0, 0.05) is 80.1 Å². The zero-order chi connectivity index (χ0) is 24.4. The standard InChI is InChI=1S/C25H29N9O/c1-29-15-19(14-26)17-4-5-21(27)20(12-17)23(28)18-6-7-30-22(13-18)33-8-10-34(11-9-33)25-32-31-24(35-25)16-2-3-16/h4-7,12-16,28H,2-3,8-11,26-27H2,1H3. The number of nitrogens with one attached hydrogen (secondary N) is 1. The van der Waals surface area contributed by atoms with Gasteiger partial charge in [-0.3, -0.25) is 10.4 Å². The third-order valence-corrected chi connectivity index (χ3v) is 6.37. The normalized spacial score (nSPS) is 16.8. The van der Waals surface area contributed by atoms with E-state index in [1.54, 1.807) is 25.5 Å². The molecule has 1 saturated heterocycles. The van der Waals surface area contributed by atoms with Crippen molar-refractivity contribution in [1.29, 1.82) is 5.41 Å². The Bertz CT molecular complexity index is 1280. The molecule has 0 atom stereocenters. The summed E-state index contributed by atoms with van der Waals surface area (Å²) in [5, 5.41) is 17.3. The summed E-state index contributed by atoms with van der Waals surface area (Å²) in [6, 6.07) is 9.91. The van der Waals surface area contributed by atoms with Crippen LogP contribution in [0.5, 0.6) is 0 Å². The van der Waals surface area contributed by atoms with Gasteiger partial charge in [0.05, 0.1) is 5.71 Å². The van der Waals surface area contributed by atoms with Gasteiger partial charge < -0.3 is 25.7 Å². The molecule has 10 nitrogen and oxygen atoms in total. The number of aliphatic imine (C=N–C) groups is 1. The third kappa shape index (κ3) is 4.72. The second kappa shape index (κ2) is 9.57. The maximum atomic E-state index is 8.86. The Hall–Kier alpha value is -4.21. The Morgan fingerprint density at radius 3 is 2.57 bits per heavy atom. The van der Waals surface area contributed by atoms with Crippen LogP contribution in [0, 0.1) is 5.41 Å². The van der Waals surface area contributed by atoms with Crippen LogP contribution in [-0.2, 0) is 0 Å². The van der Waals surface area contributed by atoms with Gasteiger partial charge in [-0.25, -0.2) is 4.98 Å². The minimum Gasteiger partial charge on any atom is -0.408 e. The zero-order valence-electron chi connectivity index (χ0n) is 19.7. The van der Waals surface area contributed by atoms with E-state index < -0.39 is 0 Å². The summed E-state index contributed by atoms with van der Waals surface area (Å²) in [5.74, 6) is 2.04. The van der Waals surface area contributed by atoms with Crippen LogP contribution < -0.4 is 21.3 Å². The summed E-state index contributed by atoms with van der Waals surface area (Å²) in [6.45, 7) is 3.06. The molecule has 1 aliphatic heterocycles. The average molecular weight is 472 g/mol. The van der Waals surface area contributed by atoms with Crippen LogP contribution in [0.1, 0.15) is 41.3 Å². The molecular formula is C25H29N9O. The first-order valence-electron chi connectivity index (χ1n) is 11.7. The van der Waals surface area contributed by atoms with E-state index in [4.69, 9.17) is 21.3 Å². The Balaban J connectivity index is 1.30. The van der Waals surface area contributed by atoms with Crippen LogP contribution in [0.25, 0.3) is 5.57 Å². The van der Waals surface area contributed by atoms with E-state index in [0.29, 0.717) is 28.9 Å². The first-order chi connectivity index (χ1) is 17.1. The first kappa shape index (κ1) is 22.6. The van der Waals surface area contributed by atoms with Gasteiger partial charge in [-0.15, -0.1) is 5.10 Å². The van der Waals surface area contributed by atoms with Crippen LogP contribution >= 0.6 is 0 Å². The van der Waals surface area contributed by atoms with Crippen molar-refractivity contribution in [3.63, 3.8) is 0 Å². The second-order valence-corrected chi connectivity index (χ2v) is 8.76. The predicted molar refractivity (Wildman–Crippen MR) is 138 cm³/mol. The molecule has 5 rings (SSSR count). The molecule has 10 heteroatoms. The van der Waals surface area contributed by atoms with Gasteiger partial charge in [-0.2, -0.15) is 0 Å². The molecular weight excluding hydrogens is 442 g/mol. The fraction of sp³-hybridized carbons (Fsp3) is 0.320. The van der Waals surface area contributed by atoms with Gasteiger partial charge in [-0.1, -0.05) is 11.2 Å². The van der Waals surface area contributed by atoms with Gasteiger partial charge in [0.1, 0.15) is 5.82 Å². The molecule has 2 aromatic heterocycles. The number of nitrogen functional groups attached to an aromatic ring is 1. The topological polar surface area (TPSA) is 147 Å². The smallest absolute Gasteiger partial charge is 0.318 e. The molecule has 2 aliphatic rings. The highest BCUT2D eigenvalue weighted by Crippen LogP contribution is 2.40. The number of hydrogen-bond donors (Lipinski definition) is 3. The maximum Gasteiger partial charge on any atom is 0.318 e. The lowest BCUT2D eigenvalue weighted by Gasteiger charge is -2.34. The minimum atomic E-state index is 0.329. The number of benzene rings is 1. The number of anilines is 3. The van der Waals surface area contributed by atoms with E-state index in [9.17, 15) is 0 Å². The third-order valence-electron chi connectivity index (χ3n) is 6.37. The van der Waals surface area contributed by atoms with Crippen LogP contribution in [0.15, 0.2) is 52.1 Å². The summed E-state index contributed by atoms with van der Waals surface area (Å²) in [4.78, 5) is 12.9. The summed E-state index contributed by atoms with van der Waals surface area (Å²) in [6.07, 6.45) is 7.20. The molecule has 0 spiro atoms. The van der Waals surface area contributed by atoms with E-state index in [0.717, 1.165) is 67.4 Å².